The van der Waals surface area contributed by atoms with Gasteiger partial charge in [0.1, 0.15) is 0 Å². The number of nitrogens with zero attached hydrogens (tertiary/aromatic N) is 4. The minimum atomic E-state index is 0. The van der Waals surface area contributed by atoms with Crippen molar-refractivity contribution in [3.05, 3.63) is 18.5 Å². The summed E-state index contributed by atoms with van der Waals surface area (Å²) in [6.45, 7) is 8.36. The molecule has 0 aromatic carbocycles. The van der Waals surface area contributed by atoms with Crippen LogP contribution in [0.1, 0.15) is 13.3 Å². The second-order valence-electron chi connectivity index (χ2n) is 5.98. The van der Waals surface area contributed by atoms with Gasteiger partial charge in [-0.05, 0) is 26.1 Å². The van der Waals surface area contributed by atoms with Crippen LogP contribution in [0.25, 0.3) is 0 Å². The van der Waals surface area contributed by atoms with Crippen molar-refractivity contribution < 1.29 is 4.79 Å². The van der Waals surface area contributed by atoms with Gasteiger partial charge in [-0.2, -0.15) is 0 Å². The third-order valence-corrected chi connectivity index (χ3v) is 4.12. The largest absolute Gasteiger partial charge is 0.356 e. The van der Waals surface area contributed by atoms with Gasteiger partial charge >= 0.3 is 0 Å². The molecule has 0 spiro atoms. The van der Waals surface area contributed by atoms with Crippen LogP contribution in [0.15, 0.2) is 18.5 Å². The third-order valence-electron chi connectivity index (χ3n) is 4.12. The summed E-state index contributed by atoms with van der Waals surface area (Å²) in [5.74, 6) is 0.970. The van der Waals surface area contributed by atoms with E-state index < -0.39 is 0 Å². The van der Waals surface area contributed by atoms with E-state index in [0.29, 0.717) is 0 Å². The second-order valence-corrected chi connectivity index (χ2v) is 5.98. The number of rotatable bonds is 8. The minimum Gasteiger partial charge on any atom is -0.356 e. The third kappa shape index (κ3) is 9.19. The zero-order valence-electron chi connectivity index (χ0n) is 15.4. The lowest BCUT2D eigenvalue weighted by molar-refractivity contribution is -0.124. The summed E-state index contributed by atoms with van der Waals surface area (Å²) >= 11 is 0. The fourth-order valence-electron chi connectivity index (χ4n) is 2.71. The Labute approximate surface area is 174 Å². The van der Waals surface area contributed by atoms with Crippen molar-refractivity contribution in [3.63, 3.8) is 0 Å². The first-order chi connectivity index (χ1) is 11.2. The molecule has 0 aliphatic carbocycles. The van der Waals surface area contributed by atoms with Crippen molar-refractivity contribution in [2.75, 3.05) is 57.8 Å². The van der Waals surface area contributed by atoms with E-state index in [4.69, 9.17) is 0 Å². The molecule has 10 heteroatoms. The van der Waals surface area contributed by atoms with Crippen LogP contribution in [0.4, 0.5) is 5.95 Å². The summed E-state index contributed by atoms with van der Waals surface area (Å²) in [5.41, 5.74) is 0. The summed E-state index contributed by atoms with van der Waals surface area (Å²) in [7, 11) is 1.86. The molecule has 1 aromatic rings. The molecule has 1 saturated heterocycles. The number of carbonyl (C=O) groups is 1. The van der Waals surface area contributed by atoms with Crippen LogP contribution in [0, 0.1) is 5.92 Å². The number of anilines is 1. The highest BCUT2D eigenvalue weighted by atomic mass is 35.5. The predicted molar refractivity (Wildman–Crippen MR) is 113 cm³/mol. The number of piperazine rings is 1. The minimum absolute atomic E-state index is 0. The normalized spacial score (nSPS) is 15.1. The number of hydrogen-bond acceptors (Lipinski definition) is 6. The lowest BCUT2D eigenvalue weighted by Gasteiger charge is -2.34. The van der Waals surface area contributed by atoms with Gasteiger partial charge in [0.2, 0.25) is 11.9 Å². The molecule has 1 unspecified atom stereocenters. The molecule has 7 nitrogen and oxygen atoms in total. The van der Waals surface area contributed by atoms with Gasteiger partial charge in [0.25, 0.3) is 0 Å². The van der Waals surface area contributed by atoms with E-state index in [0.717, 1.165) is 58.2 Å². The highest BCUT2D eigenvalue weighted by molar-refractivity contribution is 5.86. The SMILES string of the molecule is CNCC(C)C(=O)NCCCN1CCN(c2ncccn2)CC1.Cl.Cl.Cl. The summed E-state index contributed by atoms with van der Waals surface area (Å²) in [4.78, 5) is 25.0. The van der Waals surface area contributed by atoms with Gasteiger partial charge in [0.15, 0.2) is 0 Å². The maximum atomic E-state index is 11.8. The summed E-state index contributed by atoms with van der Waals surface area (Å²) in [6.07, 6.45) is 4.55. The number of carbonyl (C=O) groups excluding carboxylic acids is 1. The van der Waals surface area contributed by atoms with Gasteiger partial charge in [-0.1, -0.05) is 6.92 Å². The van der Waals surface area contributed by atoms with Crippen molar-refractivity contribution in [2.45, 2.75) is 13.3 Å². The molecular formula is C16H31Cl3N6O. The maximum absolute atomic E-state index is 11.8. The Bertz CT molecular complexity index is 474. The van der Waals surface area contributed by atoms with E-state index in [1.54, 1.807) is 12.4 Å². The summed E-state index contributed by atoms with van der Waals surface area (Å²) < 4.78 is 0. The molecule has 152 valence electrons. The van der Waals surface area contributed by atoms with E-state index in [-0.39, 0.29) is 49.0 Å². The Hall–Kier alpha value is -0.860. The monoisotopic (exact) mass is 428 g/mol. The van der Waals surface area contributed by atoms with Crippen molar-refractivity contribution in [3.8, 4) is 0 Å². The first-order valence-corrected chi connectivity index (χ1v) is 8.37. The van der Waals surface area contributed by atoms with E-state index in [9.17, 15) is 4.79 Å². The highest BCUT2D eigenvalue weighted by Crippen LogP contribution is 2.09. The Balaban J connectivity index is 0. The molecule has 2 N–H and O–H groups in total. The zero-order valence-corrected chi connectivity index (χ0v) is 17.8. The molecule has 1 atom stereocenters. The van der Waals surface area contributed by atoms with Crippen LogP contribution < -0.4 is 15.5 Å². The number of amides is 1. The Morgan fingerprint density at radius 1 is 1.15 bits per heavy atom. The molecule has 2 rings (SSSR count). The van der Waals surface area contributed by atoms with Gasteiger partial charge in [-0.3, -0.25) is 9.69 Å². The molecule has 0 bridgehead atoms. The van der Waals surface area contributed by atoms with Crippen LogP contribution in [0.5, 0.6) is 0 Å². The van der Waals surface area contributed by atoms with Crippen LogP contribution in [-0.4, -0.2) is 73.6 Å². The van der Waals surface area contributed by atoms with Crippen LogP contribution in [0.2, 0.25) is 0 Å². The molecule has 1 aliphatic heterocycles. The standard InChI is InChI=1S/C16H28N6O.3ClH/c1-14(13-17-2)15(23)18-7-4-8-21-9-11-22(12-10-21)16-19-5-3-6-20-16;;;/h3,5-6,14,17H,4,7-13H2,1-2H3,(H,18,23);3*1H. The van der Waals surface area contributed by atoms with Crippen LogP contribution in [0.3, 0.4) is 0 Å². The molecule has 1 aromatic heterocycles. The van der Waals surface area contributed by atoms with Gasteiger partial charge in [0, 0.05) is 57.6 Å². The van der Waals surface area contributed by atoms with E-state index >= 15 is 0 Å². The van der Waals surface area contributed by atoms with Crippen LogP contribution >= 0.6 is 37.2 Å². The van der Waals surface area contributed by atoms with Crippen molar-refractivity contribution in [1.82, 2.24) is 25.5 Å². The molecule has 1 amide bonds. The molecule has 26 heavy (non-hydrogen) atoms. The zero-order chi connectivity index (χ0) is 16.5. The second kappa shape index (κ2) is 15.2. The van der Waals surface area contributed by atoms with Gasteiger partial charge in [-0.25, -0.2) is 9.97 Å². The number of nitrogens with one attached hydrogen (secondary N) is 2. The molecule has 0 saturated carbocycles. The van der Waals surface area contributed by atoms with Crippen LogP contribution in [-0.2, 0) is 4.79 Å². The molecule has 0 radical (unpaired) electrons. The lowest BCUT2D eigenvalue weighted by Crippen LogP contribution is -2.47. The number of halogens is 3. The predicted octanol–water partition coefficient (Wildman–Crippen LogP) is 1.23. The van der Waals surface area contributed by atoms with Crippen molar-refractivity contribution in [2.24, 2.45) is 5.92 Å². The Morgan fingerprint density at radius 2 is 1.77 bits per heavy atom. The van der Waals surface area contributed by atoms with E-state index in [1.165, 1.54) is 0 Å². The average molecular weight is 430 g/mol. The fraction of sp³-hybridized carbons (Fsp3) is 0.688. The number of hydrogen-bond donors (Lipinski definition) is 2. The lowest BCUT2D eigenvalue weighted by atomic mass is 10.1. The maximum Gasteiger partial charge on any atom is 0.225 e. The van der Waals surface area contributed by atoms with E-state index in [1.807, 2.05) is 20.0 Å². The van der Waals surface area contributed by atoms with Gasteiger partial charge in [-0.15, -0.1) is 37.2 Å². The summed E-state index contributed by atoms with van der Waals surface area (Å²) in [6, 6.07) is 1.84. The van der Waals surface area contributed by atoms with Gasteiger partial charge < -0.3 is 15.5 Å². The molecule has 1 aliphatic rings. The summed E-state index contributed by atoms with van der Waals surface area (Å²) in [5, 5.41) is 6.03. The fourth-order valence-corrected chi connectivity index (χ4v) is 2.71. The van der Waals surface area contributed by atoms with Gasteiger partial charge in [0.05, 0.1) is 0 Å². The first kappa shape index (κ1) is 27.4. The Kier molecular flexibility index (Phi) is 16.0. The topological polar surface area (TPSA) is 73.4 Å². The highest BCUT2D eigenvalue weighted by Gasteiger charge is 2.18. The molecule has 1 fully saturated rings. The van der Waals surface area contributed by atoms with Crippen molar-refractivity contribution >= 4 is 49.1 Å². The first-order valence-electron chi connectivity index (χ1n) is 8.37. The van der Waals surface area contributed by atoms with Crippen molar-refractivity contribution in [1.29, 1.82) is 0 Å². The quantitative estimate of drug-likeness (QED) is 0.606. The van der Waals surface area contributed by atoms with E-state index in [2.05, 4.69) is 30.4 Å². The molecular weight excluding hydrogens is 399 g/mol. The average Bonchev–Trinajstić information content (AvgIpc) is 2.60. The smallest absolute Gasteiger partial charge is 0.225 e. The number of aromatic nitrogens is 2. The Morgan fingerprint density at radius 3 is 2.35 bits per heavy atom. The molecule has 2 heterocycles.